The quantitative estimate of drug-likeness (QED) is 0.531. The van der Waals surface area contributed by atoms with E-state index < -0.39 is 0 Å². The number of benzene rings is 2. The largest absolute Gasteiger partial charge is 0.493 e. The summed E-state index contributed by atoms with van der Waals surface area (Å²) in [5, 5.41) is 9.27. The summed E-state index contributed by atoms with van der Waals surface area (Å²) in [4.78, 5) is 1.67. The monoisotopic (exact) mass is 415 g/mol. The van der Waals surface area contributed by atoms with Crippen LogP contribution in [0.25, 0.3) is 16.7 Å². The molecule has 3 rings (SSSR count). The molecule has 3 aromatic rings. The van der Waals surface area contributed by atoms with Gasteiger partial charge in [0.15, 0.2) is 5.75 Å². The molecule has 26 heavy (non-hydrogen) atoms. The maximum atomic E-state index is 5.65. The first kappa shape index (κ1) is 18.9. The lowest BCUT2D eigenvalue weighted by Crippen LogP contribution is -2.25. The summed E-state index contributed by atoms with van der Waals surface area (Å²) in [7, 11) is 1.67. The van der Waals surface area contributed by atoms with Gasteiger partial charge in [0.05, 0.1) is 11.6 Å². The van der Waals surface area contributed by atoms with E-state index in [1.165, 1.54) is 5.56 Å². The predicted molar refractivity (Wildman–Crippen MR) is 110 cm³/mol. The third-order valence-electron chi connectivity index (χ3n) is 4.48. The third kappa shape index (κ3) is 3.78. The molecule has 0 N–H and O–H groups in total. The molecular formula is C21H26BrN3O. The predicted octanol–water partition coefficient (Wildman–Crippen LogP) is 5.91. The summed E-state index contributed by atoms with van der Waals surface area (Å²) in [5.41, 5.74) is 4.05. The van der Waals surface area contributed by atoms with E-state index in [-0.39, 0.29) is 10.8 Å². The molecule has 4 nitrogen and oxygen atoms in total. The summed E-state index contributed by atoms with van der Waals surface area (Å²) in [6.45, 7) is 11.4. The minimum Gasteiger partial charge on any atom is -0.493 e. The molecule has 0 fully saturated rings. The first-order valence-electron chi connectivity index (χ1n) is 8.81. The topological polar surface area (TPSA) is 39.9 Å². The lowest BCUT2D eigenvalue weighted by molar-refractivity contribution is 0.283. The Bertz CT molecular complexity index is 905. The number of halogens is 1. The summed E-state index contributed by atoms with van der Waals surface area (Å²) in [5.74, 6) is 0.737. The van der Waals surface area contributed by atoms with Crippen LogP contribution in [0.5, 0.6) is 5.75 Å². The highest BCUT2D eigenvalue weighted by Gasteiger charge is 2.29. The van der Waals surface area contributed by atoms with Crippen LogP contribution in [-0.2, 0) is 5.41 Å². The molecule has 0 aliphatic heterocycles. The van der Waals surface area contributed by atoms with Crippen molar-refractivity contribution in [3.63, 3.8) is 0 Å². The zero-order chi connectivity index (χ0) is 19.1. The van der Waals surface area contributed by atoms with Gasteiger partial charge in [0.1, 0.15) is 16.7 Å². The molecule has 1 aromatic heterocycles. The number of nitrogens with zero attached hydrogens (tertiary/aromatic N) is 3. The van der Waals surface area contributed by atoms with Crippen molar-refractivity contribution in [2.45, 2.75) is 46.5 Å². The highest BCUT2D eigenvalue weighted by atomic mass is 79.9. The van der Waals surface area contributed by atoms with Gasteiger partial charge in [-0.2, -0.15) is 0 Å². The van der Waals surface area contributed by atoms with E-state index in [0.717, 1.165) is 33.4 Å². The molecule has 5 heteroatoms. The Morgan fingerprint density at radius 2 is 1.58 bits per heavy atom. The maximum absolute atomic E-state index is 5.65. The second-order valence-electron chi connectivity index (χ2n) is 8.61. The van der Waals surface area contributed by atoms with E-state index in [0.29, 0.717) is 0 Å². The minimum absolute atomic E-state index is 0.00830. The van der Waals surface area contributed by atoms with E-state index >= 15 is 0 Å². The van der Waals surface area contributed by atoms with Gasteiger partial charge in [0, 0.05) is 0 Å². The van der Waals surface area contributed by atoms with E-state index in [1.807, 2.05) is 24.3 Å². The molecule has 0 spiro atoms. The number of ether oxygens (including phenoxy) is 1. The molecule has 138 valence electrons. The second-order valence-corrected chi connectivity index (χ2v) is 9.46. The molecule has 0 unspecified atom stereocenters. The maximum Gasteiger partial charge on any atom is 0.160 e. The SMILES string of the molecule is COc1c(Br)cc(C(C)(C)CC(C)(C)C)cc1-n1nc2ccccc2n1. The van der Waals surface area contributed by atoms with Gasteiger partial charge in [-0.05, 0) is 63.0 Å². The van der Waals surface area contributed by atoms with Crippen molar-refractivity contribution in [3.05, 3.63) is 46.4 Å². The van der Waals surface area contributed by atoms with Crippen LogP contribution in [0.2, 0.25) is 0 Å². The smallest absolute Gasteiger partial charge is 0.160 e. The van der Waals surface area contributed by atoms with Crippen molar-refractivity contribution >= 4 is 27.0 Å². The van der Waals surface area contributed by atoms with Crippen molar-refractivity contribution in [1.82, 2.24) is 15.0 Å². The number of methoxy groups -OCH3 is 1. The molecule has 0 saturated carbocycles. The van der Waals surface area contributed by atoms with Gasteiger partial charge in [-0.25, -0.2) is 0 Å². The van der Waals surface area contributed by atoms with Crippen molar-refractivity contribution in [2.24, 2.45) is 5.41 Å². The molecular weight excluding hydrogens is 390 g/mol. The Morgan fingerprint density at radius 3 is 2.08 bits per heavy atom. The third-order valence-corrected chi connectivity index (χ3v) is 5.07. The van der Waals surface area contributed by atoms with Crippen molar-refractivity contribution in [3.8, 4) is 11.4 Å². The van der Waals surface area contributed by atoms with Crippen LogP contribution in [0, 0.1) is 5.41 Å². The Labute approximate surface area is 163 Å². The van der Waals surface area contributed by atoms with Crippen LogP contribution < -0.4 is 4.74 Å². The van der Waals surface area contributed by atoms with Crippen molar-refractivity contribution in [2.75, 3.05) is 7.11 Å². The summed E-state index contributed by atoms with van der Waals surface area (Å²) in [6, 6.07) is 12.2. The molecule has 0 radical (unpaired) electrons. The van der Waals surface area contributed by atoms with E-state index in [9.17, 15) is 0 Å². The highest BCUT2D eigenvalue weighted by molar-refractivity contribution is 9.10. The Morgan fingerprint density at radius 1 is 1.00 bits per heavy atom. The molecule has 1 heterocycles. The van der Waals surface area contributed by atoms with Gasteiger partial charge in [0.25, 0.3) is 0 Å². The van der Waals surface area contributed by atoms with Gasteiger partial charge in [-0.3, -0.25) is 0 Å². The molecule has 0 aliphatic carbocycles. The molecule has 0 atom stereocenters. The molecule has 2 aromatic carbocycles. The van der Waals surface area contributed by atoms with Crippen molar-refractivity contribution < 1.29 is 4.74 Å². The summed E-state index contributed by atoms with van der Waals surface area (Å²) in [6.07, 6.45) is 1.06. The van der Waals surface area contributed by atoms with Gasteiger partial charge in [-0.15, -0.1) is 15.0 Å². The van der Waals surface area contributed by atoms with Crippen LogP contribution in [0.3, 0.4) is 0 Å². The Balaban J connectivity index is 2.16. The van der Waals surface area contributed by atoms with E-state index in [1.54, 1.807) is 11.9 Å². The number of aromatic nitrogens is 3. The van der Waals surface area contributed by atoms with Gasteiger partial charge in [0.2, 0.25) is 0 Å². The zero-order valence-corrected chi connectivity index (χ0v) is 17.9. The number of fused-ring (bicyclic) bond motifs is 1. The number of hydrogen-bond acceptors (Lipinski definition) is 3. The first-order chi connectivity index (χ1) is 12.1. The lowest BCUT2D eigenvalue weighted by Gasteiger charge is -2.33. The Hall–Kier alpha value is -1.88. The zero-order valence-electron chi connectivity index (χ0n) is 16.3. The van der Waals surface area contributed by atoms with Gasteiger partial charge < -0.3 is 4.74 Å². The van der Waals surface area contributed by atoms with Crippen LogP contribution >= 0.6 is 15.9 Å². The van der Waals surface area contributed by atoms with Crippen LogP contribution in [0.15, 0.2) is 40.9 Å². The fourth-order valence-electron chi connectivity index (χ4n) is 3.72. The average molecular weight is 416 g/mol. The molecule has 0 aliphatic rings. The summed E-state index contributed by atoms with van der Waals surface area (Å²) < 4.78 is 6.56. The normalized spacial score (nSPS) is 12.6. The fraction of sp³-hybridized carbons (Fsp3) is 0.429. The molecule has 0 bridgehead atoms. The molecule has 0 amide bonds. The fourth-order valence-corrected chi connectivity index (χ4v) is 4.33. The van der Waals surface area contributed by atoms with Gasteiger partial charge in [-0.1, -0.05) is 46.8 Å². The van der Waals surface area contributed by atoms with Crippen molar-refractivity contribution in [1.29, 1.82) is 0 Å². The standard InChI is InChI=1S/C21H26BrN3O/c1-20(2,3)13-21(4,5)14-11-15(22)19(26-6)18(12-14)25-23-16-9-7-8-10-17(16)24-25/h7-12H,13H2,1-6H3. The Kier molecular flexibility index (Phi) is 4.86. The number of hydrogen-bond donors (Lipinski definition) is 0. The first-order valence-corrected chi connectivity index (χ1v) is 9.60. The highest BCUT2D eigenvalue weighted by Crippen LogP contribution is 2.41. The summed E-state index contributed by atoms with van der Waals surface area (Å²) >= 11 is 3.68. The average Bonchev–Trinajstić information content (AvgIpc) is 2.95. The van der Waals surface area contributed by atoms with E-state index in [4.69, 9.17) is 4.74 Å². The molecule has 0 saturated heterocycles. The lowest BCUT2D eigenvalue weighted by atomic mass is 9.72. The number of rotatable bonds is 4. The van der Waals surface area contributed by atoms with Crippen LogP contribution in [0.4, 0.5) is 0 Å². The van der Waals surface area contributed by atoms with E-state index in [2.05, 4.69) is 72.9 Å². The second kappa shape index (κ2) is 6.69. The minimum atomic E-state index is 0.00830. The van der Waals surface area contributed by atoms with Crippen LogP contribution in [0.1, 0.15) is 46.6 Å². The van der Waals surface area contributed by atoms with Gasteiger partial charge >= 0.3 is 0 Å². The van der Waals surface area contributed by atoms with Crippen LogP contribution in [-0.4, -0.2) is 22.1 Å².